The van der Waals surface area contributed by atoms with E-state index in [9.17, 15) is 4.79 Å². The first-order chi connectivity index (χ1) is 13.2. The summed E-state index contributed by atoms with van der Waals surface area (Å²) in [6.45, 7) is 6.04. The summed E-state index contributed by atoms with van der Waals surface area (Å²) < 4.78 is 11.5. The van der Waals surface area contributed by atoms with Crippen molar-refractivity contribution in [1.29, 1.82) is 0 Å². The molecule has 5 nitrogen and oxygen atoms in total. The van der Waals surface area contributed by atoms with E-state index in [1.807, 2.05) is 24.3 Å². The maximum Gasteiger partial charge on any atom is 0.227 e. The average Bonchev–Trinajstić information content (AvgIpc) is 2.70. The van der Waals surface area contributed by atoms with Gasteiger partial charge in [-0.05, 0) is 56.8 Å². The third kappa shape index (κ3) is 5.69. The zero-order valence-corrected chi connectivity index (χ0v) is 16.8. The monoisotopic (exact) mass is 374 g/mol. The quantitative estimate of drug-likeness (QED) is 0.785. The second kappa shape index (κ2) is 10.1. The molecule has 2 aliphatic rings. The lowest BCUT2D eigenvalue weighted by molar-refractivity contribution is -0.121. The lowest BCUT2D eigenvalue weighted by atomic mass is 9.88. The van der Waals surface area contributed by atoms with Crippen LogP contribution in [0.4, 0.5) is 5.69 Å². The third-order valence-electron chi connectivity index (χ3n) is 6.10. The van der Waals surface area contributed by atoms with Crippen LogP contribution in [0.3, 0.4) is 0 Å². The summed E-state index contributed by atoms with van der Waals surface area (Å²) in [6.07, 6.45) is 7.43. The number of nitrogens with zero attached hydrogens (tertiary/aromatic N) is 1. The van der Waals surface area contributed by atoms with E-state index in [0.717, 1.165) is 44.8 Å². The molecule has 0 unspecified atom stereocenters. The summed E-state index contributed by atoms with van der Waals surface area (Å²) in [5.74, 6) is 1.58. The fourth-order valence-electron chi connectivity index (χ4n) is 4.26. The number of ether oxygens (including phenoxy) is 2. The third-order valence-corrected chi connectivity index (χ3v) is 6.10. The van der Waals surface area contributed by atoms with Gasteiger partial charge in [0.2, 0.25) is 5.91 Å². The molecule has 1 aromatic carbocycles. The van der Waals surface area contributed by atoms with E-state index in [-0.39, 0.29) is 11.8 Å². The minimum Gasteiger partial charge on any atom is -0.495 e. The van der Waals surface area contributed by atoms with Crippen LogP contribution in [-0.4, -0.2) is 50.3 Å². The molecule has 1 heterocycles. The predicted octanol–water partition coefficient (Wildman–Crippen LogP) is 3.94. The van der Waals surface area contributed by atoms with Gasteiger partial charge in [0.15, 0.2) is 0 Å². The van der Waals surface area contributed by atoms with Gasteiger partial charge < -0.3 is 19.7 Å². The first-order valence-electron chi connectivity index (χ1n) is 10.4. The van der Waals surface area contributed by atoms with Crippen LogP contribution in [0, 0.1) is 11.8 Å². The van der Waals surface area contributed by atoms with Crippen LogP contribution < -0.4 is 10.1 Å². The second-order valence-electron chi connectivity index (χ2n) is 7.98. The standard InChI is InChI=1S/C22H34N2O3/c1-17-7-3-5-9-20(17)27-16-15-24-13-11-18(12-14-24)22(25)23-19-8-4-6-10-21(19)26-2/h4,6,8,10,17-18,20H,3,5,7,9,11-16H2,1-2H3,(H,23,25)/t17-,20-/m0/s1. The number of likely N-dealkylation sites (tertiary alicyclic amines) is 1. The number of rotatable bonds is 7. The summed E-state index contributed by atoms with van der Waals surface area (Å²) in [7, 11) is 1.62. The second-order valence-corrected chi connectivity index (χ2v) is 7.98. The lowest BCUT2D eigenvalue weighted by Gasteiger charge is -2.33. The zero-order valence-electron chi connectivity index (χ0n) is 16.8. The molecule has 0 radical (unpaired) electrons. The molecule has 3 rings (SSSR count). The maximum absolute atomic E-state index is 12.6. The summed E-state index contributed by atoms with van der Waals surface area (Å²) in [6, 6.07) is 7.57. The van der Waals surface area contributed by atoms with Crippen molar-refractivity contribution >= 4 is 11.6 Å². The summed E-state index contributed by atoms with van der Waals surface area (Å²) in [5.41, 5.74) is 0.752. The molecular weight excluding hydrogens is 340 g/mol. The Hall–Kier alpha value is -1.59. The summed E-state index contributed by atoms with van der Waals surface area (Å²) in [5, 5.41) is 3.03. The number of anilines is 1. The number of amides is 1. The number of nitrogens with one attached hydrogen (secondary N) is 1. The molecular formula is C22H34N2O3. The van der Waals surface area contributed by atoms with E-state index in [1.54, 1.807) is 7.11 Å². The Morgan fingerprint density at radius 1 is 1.15 bits per heavy atom. The number of hydrogen-bond acceptors (Lipinski definition) is 4. The van der Waals surface area contributed by atoms with Gasteiger partial charge in [0, 0.05) is 12.5 Å². The number of para-hydroxylation sites is 2. The van der Waals surface area contributed by atoms with Gasteiger partial charge in [0.1, 0.15) is 5.75 Å². The van der Waals surface area contributed by atoms with Crippen molar-refractivity contribution < 1.29 is 14.3 Å². The largest absolute Gasteiger partial charge is 0.495 e. The van der Waals surface area contributed by atoms with Gasteiger partial charge in [-0.1, -0.05) is 31.9 Å². The van der Waals surface area contributed by atoms with Crippen LogP contribution in [0.1, 0.15) is 45.4 Å². The SMILES string of the molecule is COc1ccccc1NC(=O)C1CCN(CCO[C@H]2CCCC[C@@H]2C)CC1. The number of piperidine rings is 1. The van der Waals surface area contributed by atoms with Crippen LogP contribution in [0.15, 0.2) is 24.3 Å². The van der Waals surface area contributed by atoms with Gasteiger partial charge in [-0.3, -0.25) is 4.79 Å². The molecule has 2 fully saturated rings. The Labute approximate surface area is 163 Å². The maximum atomic E-state index is 12.6. The highest BCUT2D eigenvalue weighted by Crippen LogP contribution is 2.27. The van der Waals surface area contributed by atoms with Crippen molar-refractivity contribution in [3.8, 4) is 5.75 Å². The lowest BCUT2D eigenvalue weighted by Crippen LogP contribution is -2.40. The van der Waals surface area contributed by atoms with Gasteiger partial charge in [-0.15, -0.1) is 0 Å². The molecule has 1 aliphatic carbocycles. The van der Waals surface area contributed by atoms with Crippen molar-refractivity contribution in [3.63, 3.8) is 0 Å². The number of carbonyl (C=O) groups excluding carboxylic acids is 1. The highest BCUT2D eigenvalue weighted by Gasteiger charge is 2.26. The first kappa shape index (κ1) is 20.2. The summed E-state index contributed by atoms with van der Waals surface area (Å²) in [4.78, 5) is 15.0. The Bertz CT molecular complexity index is 599. The predicted molar refractivity (Wildman–Crippen MR) is 108 cm³/mol. The Morgan fingerprint density at radius 3 is 2.63 bits per heavy atom. The molecule has 0 aromatic heterocycles. The number of methoxy groups -OCH3 is 1. The molecule has 1 saturated carbocycles. The van der Waals surface area contributed by atoms with Crippen LogP contribution in [0.2, 0.25) is 0 Å². The molecule has 1 aromatic rings. The molecule has 1 amide bonds. The molecule has 1 saturated heterocycles. The molecule has 2 atom stereocenters. The minimum absolute atomic E-state index is 0.0745. The first-order valence-corrected chi connectivity index (χ1v) is 10.4. The van der Waals surface area contributed by atoms with Crippen LogP contribution in [-0.2, 0) is 9.53 Å². The van der Waals surface area contributed by atoms with E-state index in [2.05, 4.69) is 17.1 Å². The van der Waals surface area contributed by atoms with Crippen LogP contribution in [0.25, 0.3) is 0 Å². The Morgan fingerprint density at radius 2 is 1.89 bits per heavy atom. The molecule has 0 spiro atoms. The van der Waals surface area contributed by atoms with E-state index >= 15 is 0 Å². The van der Waals surface area contributed by atoms with Gasteiger partial charge in [0.25, 0.3) is 0 Å². The highest BCUT2D eigenvalue weighted by molar-refractivity contribution is 5.94. The van der Waals surface area contributed by atoms with Crippen LogP contribution in [0.5, 0.6) is 5.75 Å². The van der Waals surface area contributed by atoms with E-state index in [0.29, 0.717) is 17.8 Å². The molecule has 5 heteroatoms. The molecule has 1 aliphatic heterocycles. The van der Waals surface area contributed by atoms with Crippen molar-refractivity contribution in [2.24, 2.45) is 11.8 Å². The van der Waals surface area contributed by atoms with Crippen LogP contribution >= 0.6 is 0 Å². The normalized spacial score (nSPS) is 24.5. The van der Waals surface area contributed by atoms with Crippen molar-refractivity contribution in [1.82, 2.24) is 4.90 Å². The van der Waals surface area contributed by atoms with Crippen molar-refractivity contribution in [2.45, 2.75) is 51.6 Å². The topological polar surface area (TPSA) is 50.8 Å². The number of hydrogen-bond donors (Lipinski definition) is 1. The van der Waals surface area contributed by atoms with Gasteiger partial charge in [0.05, 0.1) is 25.5 Å². The fraction of sp³-hybridized carbons (Fsp3) is 0.682. The minimum atomic E-state index is 0.0745. The van der Waals surface area contributed by atoms with Gasteiger partial charge in [-0.25, -0.2) is 0 Å². The summed E-state index contributed by atoms with van der Waals surface area (Å²) >= 11 is 0. The molecule has 27 heavy (non-hydrogen) atoms. The Kier molecular flexibility index (Phi) is 7.53. The number of benzene rings is 1. The highest BCUT2D eigenvalue weighted by atomic mass is 16.5. The van der Waals surface area contributed by atoms with E-state index in [1.165, 1.54) is 25.7 Å². The zero-order chi connectivity index (χ0) is 19.1. The van der Waals surface area contributed by atoms with Crippen molar-refractivity contribution in [2.75, 3.05) is 38.7 Å². The molecule has 0 bridgehead atoms. The smallest absolute Gasteiger partial charge is 0.227 e. The molecule has 150 valence electrons. The van der Waals surface area contributed by atoms with Gasteiger partial charge in [-0.2, -0.15) is 0 Å². The van der Waals surface area contributed by atoms with Gasteiger partial charge >= 0.3 is 0 Å². The van der Waals surface area contributed by atoms with E-state index in [4.69, 9.17) is 9.47 Å². The molecule has 1 N–H and O–H groups in total. The average molecular weight is 375 g/mol. The fourth-order valence-corrected chi connectivity index (χ4v) is 4.26. The Balaban J connectivity index is 1.37. The van der Waals surface area contributed by atoms with Crippen molar-refractivity contribution in [3.05, 3.63) is 24.3 Å². The number of carbonyl (C=O) groups is 1. The van der Waals surface area contributed by atoms with E-state index < -0.39 is 0 Å².